The molecule has 0 amide bonds. The predicted molar refractivity (Wildman–Crippen MR) is 110 cm³/mol. The molecule has 3 aromatic rings. The van der Waals surface area contributed by atoms with Gasteiger partial charge < -0.3 is 19.9 Å². The molecule has 30 heavy (non-hydrogen) atoms. The number of anilines is 1. The van der Waals surface area contributed by atoms with Gasteiger partial charge in [-0.05, 0) is 31.4 Å². The molecule has 2 heterocycles. The molecule has 0 saturated carbocycles. The van der Waals surface area contributed by atoms with Gasteiger partial charge in [0.25, 0.3) is 0 Å². The first-order valence-electron chi connectivity index (χ1n) is 8.97. The zero-order valence-electron chi connectivity index (χ0n) is 16.0. The number of aromatic nitrogens is 3. The van der Waals surface area contributed by atoms with Crippen molar-refractivity contribution in [1.82, 2.24) is 15.2 Å². The number of phenols is 1. The molecule has 2 aromatic carbocycles. The maximum Gasteiger partial charge on any atom is 0.323 e. The van der Waals surface area contributed by atoms with E-state index in [9.17, 15) is 15.2 Å². The minimum absolute atomic E-state index is 0.150. The van der Waals surface area contributed by atoms with Gasteiger partial charge in [-0.15, -0.1) is 10.2 Å². The Balaban J connectivity index is 1.91. The van der Waals surface area contributed by atoms with Crippen LogP contribution in [0.4, 0.5) is 11.4 Å². The van der Waals surface area contributed by atoms with E-state index in [2.05, 4.69) is 20.5 Å². The zero-order valence-corrected chi connectivity index (χ0v) is 16.8. The average Bonchev–Trinajstić information content (AvgIpc) is 2.91. The van der Waals surface area contributed by atoms with Gasteiger partial charge in [0.15, 0.2) is 11.4 Å². The third kappa shape index (κ3) is 3.43. The lowest BCUT2D eigenvalue weighted by molar-refractivity contribution is -0.387. The largest absolute Gasteiger partial charge is 0.504 e. The SMILES string of the molecule is CCOc1c(O)ccc(C2Nc3ccccc3-c3nnc(SC)nc3O2)c1[N+](=O)[O-]. The van der Waals surface area contributed by atoms with Crippen LogP contribution >= 0.6 is 11.8 Å². The lowest BCUT2D eigenvalue weighted by Crippen LogP contribution is -2.19. The van der Waals surface area contributed by atoms with Crippen molar-refractivity contribution >= 4 is 23.1 Å². The Morgan fingerprint density at radius 3 is 2.83 bits per heavy atom. The van der Waals surface area contributed by atoms with E-state index in [4.69, 9.17) is 9.47 Å². The summed E-state index contributed by atoms with van der Waals surface area (Å²) in [5.74, 6) is -0.346. The van der Waals surface area contributed by atoms with Crippen molar-refractivity contribution in [2.45, 2.75) is 18.3 Å². The van der Waals surface area contributed by atoms with E-state index >= 15 is 0 Å². The summed E-state index contributed by atoms with van der Waals surface area (Å²) in [6, 6.07) is 10.1. The molecule has 0 fully saturated rings. The Morgan fingerprint density at radius 1 is 1.30 bits per heavy atom. The van der Waals surface area contributed by atoms with Crippen LogP contribution < -0.4 is 14.8 Å². The van der Waals surface area contributed by atoms with Crippen LogP contribution in [0.25, 0.3) is 11.3 Å². The number of nitrogens with one attached hydrogen (secondary N) is 1. The van der Waals surface area contributed by atoms with Gasteiger partial charge in [0.05, 0.1) is 17.1 Å². The molecule has 0 aliphatic carbocycles. The van der Waals surface area contributed by atoms with Gasteiger partial charge in [-0.2, -0.15) is 4.98 Å². The second-order valence-corrected chi connectivity index (χ2v) is 6.96. The fourth-order valence-corrected chi connectivity index (χ4v) is 3.43. The maximum absolute atomic E-state index is 11.9. The van der Waals surface area contributed by atoms with Crippen molar-refractivity contribution in [3.05, 3.63) is 52.1 Å². The van der Waals surface area contributed by atoms with Crippen LogP contribution in [0.5, 0.6) is 17.4 Å². The van der Waals surface area contributed by atoms with Crippen molar-refractivity contribution in [3.8, 4) is 28.6 Å². The molecular formula is C19H17N5O5S. The van der Waals surface area contributed by atoms with E-state index in [1.54, 1.807) is 13.0 Å². The molecule has 0 saturated heterocycles. The predicted octanol–water partition coefficient (Wildman–Crippen LogP) is 3.78. The highest BCUT2D eigenvalue weighted by Gasteiger charge is 2.34. The number of nitro benzene ring substituents is 1. The minimum Gasteiger partial charge on any atom is -0.504 e. The van der Waals surface area contributed by atoms with Crippen LogP contribution in [0.2, 0.25) is 0 Å². The van der Waals surface area contributed by atoms with E-state index in [0.717, 1.165) is 0 Å². The second kappa shape index (κ2) is 8.03. The highest BCUT2D eigenvalue weighted by atomic mass is 32.2. The number of hydrogen-bond acceptors (Lipinski definition) is 10. The number of hydrogen-bond donors (Lipinski definition) is 2. The van der Waals surface area contributed by atoms with E-state index < -0.39 is 11.2 Å². The number of phenolic OH excluding ortho intramolecular Hbond substituents is 1. The van der Waals surface area contributed by atoms with Crippen LogP contribution in [-0.2, 0) is 0 Å². The van der Waals surface area contributed by atoms with Crippen LogP contribution in [0.1, 0.15) is 18.7 Å². The summed E-state index contributed by atoms with van der Waals surface area (Å²) in [5.41, 5.74) is 1.56. The Bertz CT molecular complexity index is 1130. The molecule has 1 unspecified atom stereocenters. The summed E-state index contributed by atoms with van der Waals surface area (Å²) < 4.78 is 11.4. The summed E-state index contributed by atoms with van der Waals surface area (Å²) in [7, 11) is 0. The quantitative estimate of drug-likeness (QED) is 0.352. The summed E-state index contributed by atoms with van der Waals surface area (Å²) in [6.45, 7) is 1.83. The summed E-state index contributed by atoms with van der Waals surface area (Å²) in [4.78, 5) is 15.7. The Morgan fingerprint density at radius 2 is 2.10 bits per heavy atom. The molecule has 1 aliphatic rings. The smallest absolute Gasteiger partial charge is 0.323 e. The van der Waals surface area contributed by atoms with Gasteiger partial charge >= 0.3 is 5.69 Å². The summed E-state index contributed by atoms with van der Waals surface area (Å²) >= 11 is 1.30. The number of thioether (sulfide) groups is 1. The van der Waals surface area contributed by atoms with Gasteiger partial charge in [0.1, 0.15) is 0 Å². The number of rotatable bonds is 5. The van der Waals surface area contributed by atoms with Crippen molar-refractivity contribution in [2.75, 3.05) is 18.2 Å². The van der Waals surface area contributed by atoms with Gasteiger partial charge in [-0.25, -0.2) is 0 Å². The summed E-state index contributed by atoms with van der Waals surface area (Å²) in [6.07, 6.45) is 0.821. The van der Waals surface area contributed by atoms with E-state index in [1.807, 2.05) is 24.5 Å². The molecule has 4 rings (SSSR count). The van der Waals surface area contributed by atoms with Crippen molar-refractivity contribution in [3.63, 3.8) is 0 Å². The fraction of sp³-hybridized carbons (Fsp3) is 0.211. The van der Waals surface area contributed by atoms with E-state index in [0.29, 0.717) is 22.1 Å². The van der Waals surface area contributed by atoms with Crippen LogP contribution in [0, 0.1) is 10.1 Å². The normalized spacial score (nSPS) is 14.5. The van der Waals surface area contributed by atoms with Crippen LogP contribution in [-0.4, -0.2) is 38.1 Å². The van der Waals surface area contributed by atoms with E-state index in [1.165, 1.54) is 23.9 Å². The third-order valence-electron chi connectivity index (χ3n) is 4.41. The van der Waals surface area contributed by atoms with Crippen molar-refractivity contribution in [1.29, 1.82) is 0 Å². The van der Waals surface area contributed by atoms with Crippen LogP contribution in [0.3, 0.4) is 0 Å². The maximum atomic E-state index is 11.9. The summed E-state index contributed by atoms with van der Waals surface area (Å²) in [5, 5.41) is 33.9. The first-order chi connectivity index (χ1) is 14.5. The number of para-hydroxylation sites is 1. The number of benzene rings is 2. The Labute approximate surface area is 175 Å². The second-order valence-electron chi connectivity index (χ2n) is 6.18. The molecule has 2 N–H and O–H groups in total. The number of aromatic hydroxyl groups is 1. The average molecular weight is 427 g/mol. The zero-order chi connectivity index (χ0) is 21.3. The Hall–Kier alpha value is -3.60. The molecule has 1 atom stereocenters. The fourth-order valence-electron chi connectivity index (χ4n) is 3.14. The molecule has 0 bridgehead atoms. The number of nitrogens with zero attached hydrogens (tertiary/aromatic N) is 4. The van der Waals surface area contributed by atoms with Gasteiger partial charge in [-0.3, -0.25) is 10.1 Å². The topological polar surface area (TPSA) is 133 Å². The Kier molecular flexibility index (Phi) is 5.27. The molecule has 10 nitrogen and oxygen atoms in total. The highest BCUT2D eigenvalue weighted by Crippen LogP contribution is 2.45. The molecule has 1 aliphatic heterocycles. The number of ether oxygens (including phenoxy) is 2. The van der Waals surface area contributed by atoms with Crippen LogP contribution in [0.15, 0.2) is 41.6 Å². The number of fused-ring (bicyclic) bond motifs is 3. The lowest BCUT2D eigenvalue weighted by Gasteiger charge is -2.20. The first-order valence-corrected chi connectivity index (χ1v) is 10.2. The first kappa shape index (κ1) is 19.7. The molecule has 0 radical (unpaired) electrons. The van der Waals surface area contributed by atoms with Crippen molar-refractivity contribution in [2.24, 2.45) is 0 Å². The highest BCUT2D eigenvalue weighted by molar-refractivity contribution is 7.98. The molecule has 0 spiro atoms. The molecule has 1 aromatic heterocycles. The van der Waals surface area contributed by atoms with Gasteiger partial charge in [0.2, 0.25) is 23.0 Å². The minimum atomic E-state index is -0.987. The van der Waals surface area contributed by atoms with Crippen molar-refractivity contribution < 1.29 is 19.5 Å². The van der Waals surface area contributed by atoms with Gasteiger partial charge in [-0.1, -0.05) is 30.0 Å². The van der Waals surface area contributed by atoms with Gasteiger partial charge in [0, 0.05) is 11.3 Å². The third-order valence-corrected chi connectivity index (χ3v) is 4.95. The van der Waals surface area contributed by atoms with E-state index in [-0.39, 0.29) is 35.2 Å². The monoisotopic (exact) mass is 427 g/mol. The lowest BCUT2D eigenvalue weighted by atomic mass is 10.1. The molecule has 11 heteroatoms. The number of nitro groups is 1. The standard InChI is InChI=1S/C19H17N5O5S/c1-3-28-16-13(25)9-8-11(15(16)24(26)27)17-20-12-7-5-4-6-10(12)14-18(29-17)21-19(30-2)23-22-14/h4-9,17,20,25H,3H2,1-2H3. The molecular weight excluding hydrogens is 410 g/mol. The molecule has 154 valence electrons.